The summed E-state index contributed by atoms with van der Waals surface area (Å²) in [5.74, 6) is -0.000432. The van der Waals surface area contributed by atoms with E-state index in [1.165, 1.54) is 16.4 Å². The van der Waals surface area contributed by atoms with E-state index in [1.807, 2.05) is 6.07 Å². The van der Waals surface area contributed by atoms with Gasteiger partial charge in [0.15, 0.2) is 5.76 Å². The monoisotopic (exact) mass is 338 g/mol. The van der Waals surface area contributed by atoms with Crippen molar-refractivity contribution in [2.75, 3.05) is 6.54 Å². The molecule has 1 fully saturated rings. The van der Waals surface area contributed by atoms with Crippen LogP contribution in [0.2, 0.25) is 0 Å². The largest absolute Gasteiger partial charge is 0.360 e. The maximum absolute atomic E-state index is 13.3. The third-order valence-corrected chi connectivity index (χ3v) is 6.41. The van der Waals surface area contributed by atoms with Crippen molar-refractivity contribution in [3.05, 3.63) is 47.1 Å². The molecule has 2 aromatic rings. The average molecular weight is 338 g/mol. The minimum atomic E-state index is -3.65. The van der Waals surface area contributed by atoms with Gasteiger partial charge < -0.3 is 4.52 Å². The van der Waals surface area contributed by atoms with Crippen molar-refractivity contribution in [2.24, 2.45) is 0 Å². The number of sulfonamides is 1. The Morgan fingerprint density at radius 2 is 2.17 bits per heavy atom. The van der Waals surface area contributed by atoms with Gasteiger partial charge in [-0.3, -0.25) is 0 Å². The Hall–Kier alpha value is -1.73. The summed E-state index contributed by atoms with van der Waals surface area (Å²) < 4.78 is 45.8. The van der Waals surface area contributed by atoms with Crippen molar-refractivity contribution in [2.45, 2.75) is 44.0 Å². The molecule has 0 amide bonds. The first-order valence-corrected chi connectivity index (χ1v) is 9.03. The Bertz CT molecular complexity index is 797. The van der Waals surface area contributed by atoms with Crippen molar-refractivity contribution in [3.8, 4) is 0 Å². The van der Waals surface area contributed by atoms with Gasteiger partial charge in [0, 0.05) is 12.6 Å². The Morgan fingerprint density at radius 1 is 1.39 bits per heavy atom. The van der Waals surface area contributed by atoms with Gasteiger partial charge in [0.1, 0.15) is 16.4 Å². The third kappa shape index (κ3) is 3.03. The second kappa shape index (κ2) is 6.05. The average Bonchev–Trinajstić information content (AvgIpc) is 3.06. The molecule has 2 heterocycles. The highest BCUT2D eigenvalue weighted by Gasteiger charge is 2.38. The Balaban J connectivity index is 1.89. The predicted molar refractivity (Wildman–Crippen MR) is 83.0 cm³/mol. The zero-order valence-electron chi connectivity index (χ0n) is 13.1. The van der Waals surface area contributed by atoms with E-state index in [0.717, 1.165) is 18.4 Å². The van der Waals surface area contributed by atoms with Gasteiger partial charge in [0.2, 0.25) is 10.0 Å². The van der Waals surface area contributed by atoms with E-state index in [0.29, 0.717) is 24.4 Å². The third-order valence-electron chi connectivity index (χ3n) is 4.22. The van der Waals surface area contributed by atoms with Gasteiger partial charge in [-0.2, -0.15) is 4.31 Å². The Kier molecular flexibility index (Phi) is 4.25. The molecule has 1 aromatic carbocycles. The first kappa shape index (κ1) is 16.1. The highest BCUT2D eigenvalue weighted by molar-refractivity contribution is 7.89. The second-order valence-electron chi connectivity index (χ2n) is 5.90. The maximum Gasteiger partial charge on any atom is 0.248 e. The molecule has 1 aliphatic rings. The number of hydrogen-bond donors (Lipinski definition) is 0. The number of nitrogens with zero attached hydrogens (tertiary/aromatic N) is 2. The molecule has 1 unspecified atom stereocenters. The van der Waals surface area contributed by atoms with Crippen LogP contribution in [-0.2, 0) is 16.4 Å². The molecule has 23 heavy (non-hydrogen) atoms. The number of hydrogen-bond acceptors (Lipinski definition) is 4. The van der Waals surface area contributed by atoms with Gasteiger partial charge in [-0.25, -0.2) is 12.8 Å². The highest BCUT2D eigenvalue weighted by Crippen LogP contribution is 2.31. The normalized spacial score (nSPS) is 19.3. The summed E-state index contributed by atoms with van der Waals surface area (Å²) in [6, 6.07) is 6.14. The van der Waals surface area contributed by atoms with Crippen LogP contribution in [0.3, 0.4) is 0 Å². The number of aryl methyl sites for hydroxylation is 2. The van der Waals surface area contributed by atoms with Crippen molar-refractivity contribution < 1.29 is 17.3 Å². The summed E-state index contributed by atoms with van der Waals surface area (Å²) in [7, 11) is -3.65. The standard InChI is InChI=1S/C16H19FN2O3S/c1-11-16(12(2)22-18-11)23(20,21)19-8-4-7-15(19)10-13-5-3-6-14(17)9-13/h3,5-6,9,15H,4,7-8,10H2,1-2H3. The van der Waals surface area contributed by atoms with Crippen LogP contribution >= 0.6 is 0 Å². The molecule has 124 valence electrons. The fourth-order valence-electron chi connectivity index (χ4n) is 3.23. The van der Waals surface area contributed by atoms with Gasteiger partial charge in [-0.1, -0.05) is 17.3 Å². The van der Waals surface area contributed by atoms with E-state index < -0.39 is 10.0 Å². The van der Waals surface area contributed by atoms with Crippen molar-refractivity contribution in [1.82, 2.24) is 9.46 Å². The SMILES string of the molecule is Cc1noc(C)c1S(=O)(=O)N1CCCC1Cc1cccc(F)c1. The molecule has 0 spiro atoms. The first-order valence-electron chi connectivity index (χ1n) is 7.59. The van der Waals surface area contributed by atoms with E-state index >= 15 is 0 Å². The molecule has 1 atom stereocenters. The second-order valence-corrected chi connectivity index (χ2v) is 7.73. The minimum absolute atomic E-state index is 0.156. The summed E-state index contributed by atoms with van der Waals surface area (Å²) in [5, 5.41) is 3.74. The number of benzene rings is 1. The van der Waals surface area contributed by atoms with Crippen LogP contribution in [0.1, 0.15) is 29.9 Å². The van der Waals surface area contributed by atoms with E-state index in [9.17, 15) is 12.8 Å². The maximum atomic E-state index is 13.3. The van der Waals surface area contributed by atoms with Gasteiger partial charge >= 0.3 is 0 Å². The zero-order valence-corrected chi connectivity index (χ0v) is 13.9. The van der Waals surface area contributed by atoms with E-state index in [-0.39, 0.29) is 16.8 Å². The molecule has 0 radical (unpaired) electrons. The molecular formula is C16H19FN2O3S. The molecule has 0 saturated carbocycles. The lowest BCUT2D eigenvalue weighted by molar-refractivity contribution is 0.378. The van der Waals surface area contributed by atoms with Gasteiger partial charge in [0.05, 0.1) is 0 Å². The molecule has 3 rings (SSSR count). The molecule has 5 nitrogen and oxygen atoms in total. The van der Waals surface area contributed by atoms with Crippen LogP contribution in [0.5, 0.6) is 0 Å². The summed E-state index contributed by atoms with van der Waals surface area (Å²) in [6.07, 6.45) is 2.06. The van der Waals surface area contributed by atoms with Crippen molar-refractivity contribution in [1.29, 1.82) is 0 Å². The highest BCUT2D eigenvalue weighted by atomic mass is 32.2. The van der Waals surface area contributed by atoms with Gasteiger partial charge in [-0.05, 0) is 50.8 Å². The quantitative estimate of drug-likeness (QED) is 0.860. The Labute approximate surface area is 135 Å². The fraction of sp³-hybridized carbons (Fsp3) is 0.438. The first-order chi connectivity index (χ1) is 10.9. The topological polar surface area (TPSA) is 63.4 Å². The lowest BCUT2D eigenvalue weighted by Gasteiger charge is -2.24. The molecule has 7 heteroatoms. The van der Waals surface area contributed by atoms with E-state index in [1.54, 1.807) is 19.9 Å². The molecule has 0 N–H and O–H groups in total. The molecule has 1 aromatic heterocycles. The zero-order chi connectivity index (χ0) is 16.6. The summed E-state index contributed by atoms with van der Waals surface area (Å²) in [4.78, 5) is 0.156. The minimum Gasteiger partial charge on any atom is -0.360 e. The molecule has 1 aliphatic heterocycles. The molecule has 0 aliphatic carbocycles. The summed E-state index contributed by atoms with van der Waals surface area (Å²) in [6.45, 7) is 3.69. The van der Waals surface area contributed by atoms with Crippen LogP contribution in [0.15, 0.2) is 33.7 Å². The van der Waals surface area contributed by atoms with Gasteiger partial charge in [-0.15, -0.1) is 0 Å². The lowest BCUT2D eigenvalue weighted by Crippen LogP contribution is -2.37. The summed E-state index contributed by atoms with van der Waals surface area (Å²) >= 11 is 0. The molecule has 1 saturated heterocycles. The molecule has 0 bridgehead atoms. The van der Waals surface area contributed by atoms with Crippen molar-refractivity contribution in [3.63, 3.8) is 0 Å². The van der Waals surface area contributed by atoms with Crippen molar-refractivity contribution >= 4 is 10.0 Å². The van der Waals surface area contributed by atoms with E-state index in [4.69, 9.17) is 4.52 Å². The summed E-state index contributed by atoms with van der Waals surface area (Å²) in [5.41, 5.74) is 1.18. The predicted octanol–water partition coefficient (Wildman–Crippen LogP) is 2.83. The van der Waals surface area contributed by atoms with Crippen LogP contribution in [0.25, 0.3) is 0 Å². The van der Waals surface area contributed by atoms with E-state index in [2.05, 4.69) is 5.16 Å². The number of rotatable bonds is 4. The van der Waals surface area contributed by atoms with Crippen LogP contribution in [0.4, 0.5) is 4.39 Å². The fourth-order valence-corrected chi connectivity index (χ4v) is 5.21. The van der Waals surface area contributed by atoms with Crippen LogP contribution < -0.4 is 0 Å². The molecular weight excluding hydrogens is 319 g/mol. The van der Waals surface area contributed by atoms with Crippen LogP contribution in [0, 0.1) is 19.7 Å². The Morgan fingerprint density at radius 3 is 2.83 bits per heavy atom. The lowest BCUT2D eigenvalue weighted by atomic mass is 10.0. The smallest absolute Gasteiger partial charge is 0.248 e. The number of halogens is 1. The number of aromatic nitrogens is 1. The van der Waals surface area contributed by atoms with Crippen LogP contribution in [-0.4, -0.2) is 30.5 Å². The van der Waals surface area contributed by atoms with Gasteiger partial charge in [0.25, 0.3) is 0 Å².